The summed E-state index contributed by atoms with van der Waals surface area (Å²) in [5, 5.41) is 20.4. The Morgan fingerprint density at radius 2 is 2.37 bits per heavy atom. The number of anilines is 1. The summed E-state index contributed by atoms with van der Waals surface area (Å²) in [7, 11) is 0. The monoisotopic (exact) mass is 265 g/mol. The number of para-hydroxylation sites is 1. The first-order chi connectivity index (χ1) is 8.99. The number of benzene rings is 1. The molecular formula is C13H19N3O3. The van der Waals surface area contributed by atoms with E-state index in [0.29, 0.717) is 6.54 Å². The van der Waals surface area contributed by atoms with Crippen LogP contribution in [0.2, 0.25) is 0 Å². The third-order valence-electron chi connectivity index (χ3n) is 3.76. The minimum Gasteiger partial charge on any atom is -0.393 e. The van der Waals surface area contributed by atoms with Crippen LogP contribution in [-0.2, 0) is 6.54 Å². The zero-order valence-corrected chi connectivity index (χ0v) is 11.0. The number of nitrogens with two attached hydrogens (primary N) is 1. The van der Waals surface area contributed by atoms with Crippen molar-refractivity contribution in [2.75, 3.05) is 18.8 Å². The van der Waals surface area contributed by atoms with Crippen LogP contribution in [0.25, 0.3) is 0 Å². The molecule has 6 nitrogen and oxygen atoms in total. The summed E-state index contributed by atoms with van der Waals surface area (Å²) in [6.07, 6.45) is 0.638. The molecule has 2 unspecified atom stereocenters. The largest absolute Gasteiger partial charge is 0.393 e. The molecule has 0 spiro atoms. The van der Waals surface area contributed by atoms with Gasteiger partial charge in [-0.05, 0) is 31.4 Å². The van der Waals surface area contributed by atoms with E-state index in [2.05, 4.69) is 4.90 Å². The van der Waals surface area contributed by atoms with Crippen molar-refractivity contribution in [3.8, 4) is 0 Å². The summed E-state index contributed by atoms with van der Waals surface area (Å²) >= 11 is 0. The molecule has 1 fully saturated rings. The summed E-state index contributed by atoms with van der Waals surface area (Å²) in [6, 6.07) is 4.89. The quantitative estimate of drug-likeness (QED) is 0.487. The Labute approximate surface area is 112 Å². The number of hydrogen-bond donors (Lipinski definition) is 2. The molecule has 6 heteroatoms. The molecule has 0 amide bonds. The van der Waals surface area contributed by atoms with Gasteiger partial charge in [0.1, 0.15) is 5.69 Å². The molecule has 2 rings (SSSR count). The summed E-state index contributed by atoms with van der Waals surface area (Å²) in [5.74, 6) is 0.278. The van der Waals surface area contributed by atoms with Crippen LogP contribution in [0, 0.1) is 16.0 Å². The summed E-state index contributed by atoms with van der Waals surface area (Å²) < 4.78 is 0. The number of aliphatic hydroxyl groups excluding tert-OH is 1. The fraction of sp³-hybridized carbons (Fsp3) is 0.538. The molecule has 1 aromatic rings. The molecule has 1 heterocycles. The predicted molar refractivity (Wildman–Crippen MR) is 72.6 cm³/mol. The lowest BCUT2D eigenvalue weighted by molar-refractivity contribution is -0.384. The molecular weight excluding hydrogens is 246 g/mol. The number of nitro groups is 1. The second-order valence-corrected chi connectivity index (χ2v) is 5.13. The third kappa shape index (κ3) is 3.02. The highest BCUT2D eigenvalue weighted by atomic mass is 16.6. The van der Waals surface area contributed by atoms with Crippen LogP contribution in [0.15, 0.2) is 18.2 Å². The molecule has 0 radical (unpaired) electrons. The first-order valence-corrected chi connectivity index (χ1v) is 6.41. The second-order valence-electron chi connectivity index (χ2n) is 5.13. The van der Waals surface area contributed by atoms with Gasteiger partial charge < -0.3 is 10.8 Å². The maximum atomic E-state index is 10.8. The van der Waals surface area contributed by atoms with Gasteiger partial charge in [0.2, 0.25) is 0 Å². The third-order valence-corrected chi connectivity index (χ3v) is 3.76. The maximum Gasteiger partial charge on any atom is 0.292 e. The van der Waals surface area contributed by atoms with Gasteiger partial charge in [0.25, 0.3) is 5.69 Å². The Kier molecular flexibility index (Phi) is 4.01. The molecule has 1 aliphatic heterocycles. The molecule has 1 aliphatic rings. The van der Waals surface area contributed by atoms with E-state index in [4.69, 9.17) is 5.73 Å². The van der Waals surface area contributed by atoms with Gasteiger partial charge in [0.05, 0.1) is 11.0 Å². The predicted octanol–water partition coefficient (Wildman–Crippen LogP) is 1.38. The van der Waals surface area contributed by atoms with Gasteiger partial charge in [-0.25, -0.2) is 0 Å². The summed E-state index contributed by atoms with van der Waals surface area (Å²) in [5.41, 5.74) is 6.82. The number of nitro benzene ring substituents is 1. The van der Waals surface area contributed by atoms with E-state index >= 15 is 0 Å². The number of aliphatic hydroxyl groups is 1. The maximum absolute atomic E-state index is 10.8. The van der Waals surface area contributed by atoms with Crippen molar-refractivity contribution in [2.45, 2.75) is 26.0 Å². The summed E-state index contributed by atoms with van der Waals surface area (Å²) in [4.78, 5) is 12.5. The zero-order valence-electron chi connectivity index (χ0n) is 11.0. The number of nitrogens with zero attached hydrogens (tertiary/aromatic N) is 2. The number of nitrogen functional groups attached to an aromatic ring is 1. The average molecular weight is 265 g/mol. The van der Waals surface area contributed by atoms with Crippen LogP contribution in [0.5, 0.6) is 0 Å². The van der Waals surface area contributed by atoms with E-state index in [1.807, 2.05) is 6.07 Å². The van der Waals surface area contributed by atoms with E-state index < -0.39 is 4.92 Å². The van der Waals surface area contributed by atoms with Gasteiger partial charge in [-0.1, -0.05) is 12.1 Å². The molecule has 0 aromatic heterocycles. The Balaban J connectivity index is 2.08. The van der Waals surface area contributed by atoms with E-state index in [-0.39, 0.29) is 23.4 Å². The van der Waals surface area contributed by atoms with Gasteiger partial charge in [-0.15, -0.1) is 0 Å². The van der Waals surface area contributed by atoms with Crippen LogP contribution >= 0.6 is 0 Å². The molecule has 1 aromatic carbocycles. The van der Waals surface area contributed by atoms with E-state index in [0.717, 1.165) is 25.1 Å². The Hall–Kier alpha value is -1.66. The lowest BCUT2D eigenvalue weighted by Gasteiger charge is -2.18. The topological polar surface area (TPSA) is 92.6 Å². The number of rotatable bonds is 4. The van der Waals surface area contributed by atoms with Gasteiger partial charge in [-0.2, -0.15) is 0 Å². The van der Waals surface area contributed by atoms with Crippen molar-refractivity contribution < 1.29 is 10.0 Å². The van der Waals surface area contributed by atoms with Crippen LogP contribution in [0.3, 0.4) is 0 Å². The van der Waals surface area contributed by atoms with Crippen molar-refractivity contribution in [3.05, 3.63) is 33.9 Å². The Bertz CT molecular complexity index is 476. The fourth-order valence-electron chi connectivity index (χ4n) is 2.54. The smallest absolute Gasteiger partial charge is 0.292 e. The lowest BCUT2D eigenvalue weighted by atomic mass is 10.0. The van der Waals surface area contributed by atoms with Crippen LogP contribution < -0.4 is 5.73 Å². The minimum atomic E-state index is -0.457. The SMILES string of the molecule is CC(O)C1CCN(Cc2cccc([N+](=O)[O-])c2N)C1. The molecule has 19 heavy (non-hydrogen) atoms. The van der Waals surface area contributed by atoms with E-state index in [1.54, 1.807) is 13.0 Å². The van der Waals surface area contributed by atoms with Crippen molar-refractivity contribution in [2.24, 2.45) is 5.92 Å². The van der Waals surface area contributed by atoms with E-state index in [9.17, 15) is 15.2 Å². The Morgan fingerprint density at radius 3 is 2.95 bits per heavy atom. The van der Waals surface area contributed by atoms with Gasteiger partial charge >= 0.3 is 0 Å². The first-order valence-electron chi connectivity index (χ1n) is 6.41. The van der Waals surface area contributed by atoms with E-state index in [1.165, 1.54) is 6.07 Å². The van der Waals surface area contributed by atoms with Crippen LogP contribution in [0.1, 0.15) is 18.9 Å². The molecule has 3 N–H and O–H groups in total. The van der Waals surface area contributed by atoms with Crippen LogP contribution in [-0.4, -0.2) is 34.1 Å². The minimum absolute atomic E-state index is 0.0382. The first kappa shape index (κ1) is 13.8. The summed E-state index contributed by atoms with van der Waals surface area (Å²) in [6.45, 7) is 4.09. The zero-order chi connectivity index (χ0) is 14.0. The Morgan fingerprint density at radius 1 is 1.63 bits per heavy atom. The highest BCUT2D eigenvalue weighted by Gasteiger charge is 2.26. The molecule has 104 valence electrons. The van der Waals surface area contributed by atoms with Crippen LogP contribution in [0.4, 0.5) is 11.4 Å². The van der Waals surface area contributed by atoms with Gasteiger partial charge in [0, 0.05) is 19.2 Å². The molecule has 0 saturated carbocycles. The molecule has 1 saturated heterocycles. The van der Waals surface area contributed by atoms with Crippen molar-refractivity contribution >= 4 is 11.4 Å². The van der Waals surface area contributed by atoms with Crippen molar-refractivity contribution in [1.82, 2.24) is 4.90 Å². The average Bonchev–Trinajstić information content (AvgIpc) is 2.80. The lowest BCUT2D eigenvalue weighted by Crippen LogP contribution is -2.24. The molecule has 0 bridgehead atoms. The van der Waals surface area contributed by atoms with Crippen molar-refractivity contribution in [3.63, 3.8) is 0 Å². The van der Waals surface area contributed by atoms with Gasteiger partial charge in [0.15, 0.2) is 0 Å². The number of hydrogen-bond acceptors (Lipinski definition) is 5. The highest BCUT2D eigenvalue weighted by molar-refractivity contribution is 5.62. The second kappa shape index (κ2) is 5.54. The van der Waals surface area contributed by atoms with Crippen molar-refractivity contribution in [1.29, 1.82) is 0 Å². The molecule has 2 atom stereocenters. The highest BCUT2D eigenvalue weighted by Crippen LogP contribution is 2.28. The standard InChI is InChI=1S/C13H19N3O3/c1-9(17)10-5-6-15(7-10)8-11-3-2-4-12(13(11)14)16(18)19/h2-4,9-10,17H,5-8,14H2,1H3. The van der Waals surface area contributed by atoms with Gasteiger partial charge in [-0.3, -0.25) is 15.0 Å². The normalized spacial score (nSPS) is 21.5. The fourth-order valence-corrected chi connectivity index (χ4v) is 2.54. The number of likely N-dealkylation sites (tertiary alicyclic amines) is 1. The molecule has 0 aliphatic carbocycles.